The molecule has 0 saturated carbocycles. The van der Waals surface area contributed by atoms with Crippen LogP contribution in [0.1, 0.15) is 19.4 Å². The summed E-state index contributed by atoms with van der Waals surface area (Å²) in [5.41, 5.74) is 4.75. The van der Waals surface area contributed by atoms with E-state index in [9.17, 15) is 0 Å². The van der Waals surface area contributed by atoms with Crippen LogP contribution in [-0.2, 0) is 6.42 Å². The van der Waals surface area contributed by atoms with Crippen molar-refractivity contribution in [3.8, 4) is 5.69 Å². The van der Waals surface area contributed by atoms with Gasteiger partial charge in [-0.15, -0.1) is 5.10 Å². The van der Waals surface area contributed by atoms with Crippen molar-refractivity contribution in [2.45, 2.75) is 26.3 Å². The fourth-order valence-electron chi connectivity index (χ4n) is 3.17. The smallest absolute Gasteiger partial charge is 0.246 e. The van der Waals surface area contributed by atoms with E-state index in [1.165, 1.54) is 11.3 Å². The highest BCUT2D eigenvalue weighted by molar-refractivity contribution is 5.68. The molecule has 1 aliphatic rings. The van der Waals surface area contributed by atoms with Crippen LogP contribution in [0.15, 0.2) is 54.9 Å². The Morgan fingerprint density at radius 2 is 1.92 bits per heavy atom. The van der Waals surface area contributed by atoms with Crippen LogP contribution in [0.2, 0.25) is 0 Å². The first-order valence-corrected chi connectivity index (χ1v) is 8.34. The van der Waals surface area contributed by atoms with Crippen LogP contribution >= 0.6 is 0 Å². The van der Waals surface area contributed by atoms with Gasteiger partial charge in [0, 0.05) is 24.0 Å². The third kappa shape index (κ3) is 2.73. The van der Waals surface area contributed by atoms with Gasteiger partial charge in [0.25, 0.3) is 0 Å². The highest BCUT2D eigenvalue weighted by Crippen LogP contribution is 2.32. The van der Waals surface area contributed by atoms with Gasteiger partial charge in [0.2, 0.25) is 5.95 Å². The average Bonchev–Trinajstić information content (AvgIpc) is 3.22. The SMILES string of the molecule is CC(C)N1CCc2ccc(Nc3ncn(-c4ccccc4)n3)cc21. The summed E-state index contributed by atoms with van der Waals surface area (Å²) in [7, 11) is 0. The molecule has 5 heteroatoms. The zero-order valence-electron chi connectivity index (χ0n) is 14.0. The molecule has 2 heterocycles. The van der Waals surface area contributed by atoms with E-state index in [4.69, 9.17) is 0 Å². The summed E-state index contributed by atoms with van der Waals surface area (Å²) in [5, 5.41) is 7.82. The summed E-state index contributed by atoms with van der Waals surface area (Å²) < 4.78 is 1.77. The number of hydrogen-bond donors (Lipinski definition) is 1. The summed E-state index contributed by atoms with van der Waals surface area (Å²) in [6.45, 7) is 5.56. The van der Waals surface area contributed by atoms with E-state index in [0.29, 0.717) is 12.0 Å². The van der Waals surface area contributed by atoms with Crippen LogP contribution < -0.4 is 10.2 Å². The van der Waals surface area contributed by atoms with Gasteiger partial charge in [-0.3, -0.25) is 0 Å². The number of nitrogens with zero attached hydrogens (tertiary/aromatic N) is 4. The molecule has 0 atom stereocenters. The van der Waals surface area contributed by atoms with Crippen molar-refractivity contribution < 1.29 is 0 Å². The summed E-state index contributed by atoms with van der Waals surface area (Å²) in [4.78, 5) is 6.80. The summed E-state index contributed by atoms with van der Waals surface area (Å²) in [6, 6.07) is 17.0. The quantitative estimate of drug-likeness (QED) is 0.795. The molecule has 3 aromatic rings. The molecule has 1 aromatic heterocycles. The molecule has 2 aromatic carbocycles. The number of fused-ring (bicyclic) bond motifs is 1. The van der Waals surface area contributed by atoms with E-state index >= 15 is 0 Å². The van der Waals surface area contributed by atoms with E-state index in [1.807, 2.05) is 30.3 Å². The molecule has 0 saturated heterocycles. The molecule has 4 rings (SSSR count). The van der Waals surface area contributed by atoms with E-state index in [0.717, 1.165) is 24.3 Å². The third-order valence-corrected chi connectivity index (χ3v) is 4.41. The predicted octanol–water partition coefficient (Wildman–Crippen LogP) is 3.78. The molecular weight excluding hydrogens is 298 g/mol. The minimum Gasteiger partial charge on any atom is -0.368 e. The first kappa shape index (κ1) is 14.8. The van der Waals surface area contributed by atoms with Gasteiger partial charge in [0.05, 0.1) is 5.69 Å². The maximum absolute atomic E-state index is 4.50. The lowest BCUT2D eigenvalue weighted by Crippen LogP contribution is -2.28. The second-order valence-electron chi connectivity index (χ2n) is 6.35. The number of para-hydroxylation sites is 1. The fraction of sp³-hybridized carbons (Fsp3) is 0.263. The maximum Gasteiger partial charge on any atom is 0.246 e. The van der Waals surface area contributed by atoms with Crippen LogP contribution in [0.25, 0.3) is 5.69 Å². The zero-order valence-corrected chi connectivity index (χ0v) is 14.0. The number of nitrogens with one attached hydrogen (secondary N) is 1. The van der Waals surface area contributed by atoms with Crippen molar-refractivity contribution >= 4 is 17.3 Å². The van der Waals surface area contributed by atoms with E-state index in [1.54, 1.807) is 11.0 Å². The third-order valence-electron chi connectivity index (χ3n) is 4.41. The van der Waals surface area contributed by atoms with Crippen molar-refractivity contribution in [3.63, 3.8) is 0 Å². The highest BCUT2D eigenvalue weighted by atomic mass is 15.4. The fourth-order valence-corrected chi connectivity index (χ4v) is 3.17. The molecule has 0 aliphatic carbocycles. The number of rotatable bonds is 4. The average molecular weight is 319 g/mol. The second-order valence-corrected chi connectivity index (χ2v) is 6.35. The van der Waals surface area contributed by atoms with Crippen molar-refractivity contribution in [3.05, 3.63) is 60.4 Å². The van der Waals surface area contributed by atoms with Gasteiger partial charge in [0.15, 0.2) is 0 Å². The number of anilines is 3. The molecule has 1 N–H and O–H groups in total. The molecule has 0 spiro atoms. The first-order valence-electron chi connectivity index (χ1n) is 8.34. The van der Waals surface area contributed by atoms with Crippen LogP contribution in [0.3, 0.4) is 0 Å². The predicted molar refractivity (Wildman–Crippen MR) is 97.3 cm³/mol. The molecule has 122 valence electrons. The Morgan fingerprint density at radius 3 is 2.71 bits per heavy atom. The molecule has 5 nitrogen and oxygen atoms in total. The molecule has 0 unspecified atom stereocenters. The van der Waals surface area contributed by atoms with Crippen molar-refractivity contribution in [1.82, 2.24) is 14.8 Å². The van der Waals surface area contributed by atoms with E-state index in [-0.39, 0.29) is 0 Å². The van der Waals surface area contributed by atoms with Gasteiger partial charge >= 0.3 is 0 Å². The lowest BCUT2D eigenvalue weighted by molar-refractivity contribution is 0.710. The molecule has 0 fully saturated rings. The van der Waals surface area contributed by atoms with Crippen LogP contribution in [0.5, 0.6) is 0 Å². The topological polar surface area (TPSA) is 46.0 Å². The number of aromatic nitrogens is 3. The largest absolute Gasteiger partial charge is 0.368 e. The second kappa shape index (κ2) is 6.00. The normalized spacial score (nSPS) is 13.4. The Bertz CT molecular complexity index is 838. The van der Waals surface area contributed by atoms with E-state index in [2.05, 4.69) is 52.3 Å². The highest BCUT2D eigenvalue weighted by Gasteiger charge is 2.21. The zero-order chi connectivity index (χ0) is 16.5. The monoisotopic (exact) mass is 319 g/mol. The molecule has 0 bridgehead atoms. The minimum absolute atomic E-state index is 0.511. The van der Waals surface area contributed by atoms with Crippen molar-refractivity contribution in [2.75, 3.05) is 16.8 Å². The first-order chi connectivity index (χ1) is 11.7. The molecular formula is C19H21N5. The summed E-state index contributed by atoms with van der Waals surface area (Å²) >= 11 is 0. The lowest BCUT2D eigenvalue weighted by atomic mass is 10.1. The van der Waals surface area contributed by atoms with Gasteiger partial charge in [-0.1, -0.05) is 24.3 Å². The number of benzene rings is 2. The van der Waals surface area contributed by atoms with Crippen molar-refractivity contribution in [2.24, 2.45) is 0 Å². The van der Waals surface area contributed by atoms with E-state index < -0.39 is 0 Å². The Morgan fingerprint density at radius 1 is 1.08 bits per heavy atom. The molecule has 24 heavy (non-hydrogen) atoms. The minimum atomic E-state index is 0.511. The Hall–Kier alpha value is -2.82. The Balaban J connectivity index is 1.57. The lowest BCUT2D eigenvalue weighted by Gasteiger charge is -2.24. The van der Waals surface area contributed by atoms with Gasteiger partial charge in [-0.05, 0) is 50.1 Å². The van der Waals surface area contributed by atoms with Crippen LogP contribution in [0.4, 0.5) is 17.3 Å². The van der Waals surface area contributed by atoms with Gasteiger partial charge in [0.1, 0.15) is 6.33 Å². The number of hydrogen-bond acceptors (Lipinski definition) is 4. The van der Waals surface area contributed by atoms with Gasteiger partial charge in [-0.25, -0.2) is 4.68 Å². The van der Waals surface area contributed by atoms with Gasteiger partial charge < -0.3 is 10.2 Å². The van der Waals surface area contributed by atoms with Crippen molar-refractivity contribution in [1.29, 1.82) is 0 Å². The van der Waals surface area contributed by atoms with Crippen LogP contribution in [-0.4, -0.2) is 27.4 Å². The molecule has 0 radical (unpaired) electrons. The Kier molecular flexibility index (Phi) is 3.69. The Labute approximate surface area is 142 Å². The summed E-state index contributed by atoms with van der Waals surface area (Å²) in [5.74, 6) is 0.605. The maximum atomic E-state index is 4.50. The summed E-state index contributed by atoms with van der Waals surface area (Å²) in [6.07, 6.45) is 2.85. The van der Waals surface area contributed by atoms with Gasteiger partial charge in [-0.2, -0.15) is 4.98 Å². The standard InChI is InChI=1S/C19H21N5/c1-14(2)23-11-10-15-8-9-16(12-18(15)23)21-19-20-13-24(22-19)17-6-4-3-5-7-17/h3-9,12-14H,10-11H2,1-2H3,(H,21,22). The molecule has 1 aliphatic heterocycles. The molecule has 0 amide bonds. The van der Waals surface area contributed by atoms with Crippen LogP contribution in [0, 0.1) is 0 Å².